The lowest BCUT2D eigenvalue weighted by atomic mass is 10.1. The van der Waals surface area contributed by atoms with E-state index in [0.29, 0.717) is 6.04 Å². The fourth-order valence-corrected chi connectivity index (χ4v) is 2.23. The summed E-state index contributed by atoms with van der Waals surface area (Å²) < 4.78 is 13.7. The Morgan fingerprint density at radius 3 is 2.56 bits per heavy atom. The predicted molar refractivity (Wildman–Crippen MR) is 75.2 cm³/mol. The number of halogens is 1. The highest BCUT2D eigenvalue weighted by Crippen LogP contribution is 2.21. The van der Waals surface area contributed by atoms with Gasteiger partial charge in [-0.1, -0.05) is 31.5 Å². The molecular formula is C15H25FN2. The summed E-state index contributed by atoms with van der Waals surface area (Å²) >= 11 is 0. The normalized spacial score (nSPS) is 14.8. The molecule has 0 bridgehead atoms. The first-order valence-electron chi connectivity index (χ1n) is 6.72. The molecule has 0 fully saturated rings. The average molecular weight is 252 g/mol. The van der Waals surface area contributed by atoms with Crippen LogP contribution in [0.15, 0.2) is 24.3 Å². The van der Waals surface area contributed by atoms with Gasteiger partial charge in [0.15, 0.2) is 0 Å². The Kier molecular flexibility index (Phi) is 6.30. The molecule has 0 saturated carbocycles. The van der Waals surface area contributed by atoms with Crippen LogP contribution in [0.5, 0.6) is 0 Å². The fourth-order valence-electron chi connectivity index (χ4n) is 2.23. The van der Waals surface area contributed by atoms with Gasteiger partial charge in [0.05, 0.1) is 0 Å². The maximum Gasteiger partial charge on any atom is 0.127 e. The van der Waals surface area contributed by atoms with Gasteiger partial charge in [0.25, 0.3) is 0 Å². The number of hydrogen-bond donors (Lipinski definition) is 1. The maximum absolute atomic E-state index is 13.7. The van der Waals surface area contributed by atoms with Crippen LogP contribution in [-0.2, 0) is 0 Å². The molecule has 1 N–H and O–H groups in total. The van der Waals surface area contributed by atoms with Crippen LogP contribution in [0.3, 0.4) is 0 Å². The van der Waals surface area contributed by atoms with Gasteiger partial charge in [-0.3, -0.25) is 4.90 Å². The second kappa shape index (κ2) is 7.49. The highest BCUT2D eigenvalue weighted by molar-refractivity contribution is 5.20. The highest BCUT2D eigenvalue weighted by atomic mass is 19.1. The minimum absolute atomic E-state index is 0.0962. The number of rotatable bonds is 7. The molecule has 0 aromatic heterocycles. The zero-order valence-corrected chi connectivity index (χ0v) is 11.9. The van der Waals surface area contributed by atoms with E-state index >= 15 is 0 Å². The zero-order valence-electron chi connectivity index (χ0n) is 11.9. The molecule has 1 rings (SSSR count). The lowest BCUT2D eigenvalue weighted by molar-refractivity contribution is 0.225. The lowest BCUT2D eigenvalue weighted by Crippen LogP contribution is -2.38. The molecule has 18 heavy (non-hydrogen) atoms. The summed E-state index contributed by atoms with van der Waals surface area (Å²) in [6.45, 7) is 5.17. The van der Waals surface area contributed by atoms with Gasteiger partial charge in [0.1, 0.15) is 5.82 Å². The molecule has 0 spiro atoms. The summed E-state index contributed by atoms with van der Waals surface area (Å²) in [6, 6.07) is 7.59. The Labute approximate surface area is 110 Å². The third-order valence-electron chi connectivity index (χ3n) is 3.57. The number of benzene rings is 1. The molecule has 102 valence electrons. The third kappa shape index (κ3) is 4.07. The Hall–Kier alpha value is -0.930. The van der Waals surface area contributed by atoms with Crippen LogP contribution in [0, 0.1) is 5.82 Å². The molecule has 0 saturated heterocycles. The minimum Gasteiger partial charge on any atom is -0.316 e. The molecule has 2 atom stereocenters. The van der Waals surface area contributed by atoms with Crippen molar-refractivity contribution in [3.05, 3.63) is 35.6 Å². The molecule has 0 aliphatic carbocycles. The van der Waals surface area contributed by atoms with Crippen LogP contribution < -0.4 is 5.32 Å². The molecule has 1 aromatic rings. The average Bonchev–Trinajstić information content (AvgIpc) is 2.37. The topological polar surface area (TPSA) is 15.3 Å². The third-order valence-corrected chi connectivity index (χ3v) is 3.57. The lowest BCUT2D eigenvalue weighted by Gasteiger charge is -2.29. The van der Waals surface area contributed by atoms with Crippen molar-refractivity contribution in [2.45, 2.75) is 38.8 Å². The molecular weight excluding hydrogens is 227 g/mol. The monoisotopic (exact) mass is 252 g/mol. The second-order valence-electron chi connectivity index (χ2n) is 4.91. The maximum atomic E-state index is 13.7. The summed E-state index contributed by atoms with van der Waals surface area (Å²) in [5.74, 6) is -0.117. The van der Waals surface area contributed by atoms with Crippen molar-refractivity contribution in [2.75, 3.05) is 20.6 Å². The quantitative estimate of drug-likeness (QED) is 0.801. The minimum atomic E-state index is -0.117. The SMILES string of the molecule is CCCC(CN(C)C(C)c1ccccc1F)NC. The van der Waals surface area contributed by atoms with Crippen molar-refractivity contribution in [2.24, 2.45) is 0 Å². The summed E-state index contributed by atoms with van der Waals surface area (Å²) in [5, 5.41) is 3.32. The highest BCUT2D eigenvalue weighted by Gasteiger charge is 2.17. The van der Waals surface area contributed by atoms with Gasteiger partial charge >= 0.3 is 0 Å². The fraction of sp³-hybridized carbons (Fsp3) is 0.600. The van der Waals surface area contributed by atoms with Crippen molar-refractivity contribution in [3.63, 3.8) is 0 Å². The van der Waals surface area contributed by atoms with Crippen LogP contribution in [0.1, 0.15) is 38.3 Å². The molecule has 1 aromatic carbocycles. The van der Waals surface area contributed by atoms with Gasteiger partial charge in [0, 0.05) is 24.2 Å². The first kappa shape index (κ1) is 15.1. The van der Waals surface area contributed by atoms with Crippen molar-refractivity contribution in [1.29, 1.82) is 0 Å². The van der Waals surface area contributed by atoms with E-state index in [0.717, 1.165) is 24.9 Å². The van der Waals surface area contributed by atoms with Gasteiger partial charge in [-0.2, -0.15) is 0 Å². The van der Waals surface area contributed by atoms with E-state index in [9.17, 15) is 4.39 Å². The van der Waals surface area contributed by atoms with Gasteiger partial charge in [-0.05, 0) is 33.5 Å². The van der Waals surface area contributed by atoms with Crippen molar-refractivity contribution in [1.82, 2.24) is 10.2 Å². The van der Waals surface area contributed by atoms with E-state index in [2.05, 4.69) is 31.1 Å². The summed E-state index contributed by atoms with van der Waals surface area (Å²) in [5.41, 5.74) is 0.770. The summed E-state index contributed by atoms with van der Waals surface area (Å²) in [6.07, 6.45) is 2.30. The molecule has 0 radical (unpaired) electrons. The van der Waals surface area contributed by atoms with Gasteiger partial charge < -0.3 is 5.32 Å². The Balaban J connectivity index is 2.66. The summed E-state index contributed by atoms with van der Waals surface area (Å²) in [4.78, 5) is 2.20. The van der Waals surface area contributed by atoms with Crippen LogP contribution in [0.25, 0.3) is 0 Å². The van der Waals surface area contributed by atoms with Gasteiger partial charge in [-0.25, -0.2) is 4.39 Å². The summed E-state index contributed by atoms with van der Waals surface area (Å²) in [7, 11) is 4.04. The molecule has 0 aliphatic rings. The van der Waals surface area contributed by atoms with Crippen LogP contribution in [0.2, 0.25) is 0 Å². The van der Waals surface area contributed by atoms with Crippen LogP contribution in [-0.4, -0.2) is 31.6 Å². The number of nitrogens with zero attached hydrogens (tertiary/aromatic N) is 1. The van der Waals surface area contributed by atoms with Gasteiger partial charge in [0.2, 0.25) is 0 Å². The van der Waals surface area contributed by atoms with Crippen LogP contribution >= 0.6 is 0 Å². The Morgan fingerprint density at radius 2 is 2.00 bits per heavy atom. The molecule has 3 heteroatoms. The predicted octanol–water partition coefficient (Wildman–Crippen LogP) is 3.21. The Bertz CT molecular complexity index is 354. The van der Waals surface area contributed by atoms with Crippen molar-refractivity contribution < 1.29 is 4.39 Å². The number of hydrogen-bond acceptors (Lipinski definition) is 2. The first-order valence-corrected chi connectivity index (χ1v) is 6.72. The van der Waals surface area contributed by atoms with E-state index in [-0.39, 0.29) is 11.9 Å². The number of likely N-dealkylation sites (N-methyl/N-ethyl adjacent to an activating group) is 2. The standard InChI is InChI=1S/C15H25FN2/c1-5-8-13(17-3)11-18(4)12(2)14-9-6-7-10-15(14)16/h6-7,9-10,12-13,17H,5,8,11H2,1-4H3. The van der Waals surface area contributed by atoms with Gasteiger partial charge in [-0.15, -0.1) is 0 Å². The number of nitrogens with one attached hydrogen (secondary N) is 1. The van der Waals surface area contributed by atoms with Crippen molar-refractivity contribution >= 4 is 0 Å². The molecule has 2 nitrogen and oxygen atoms in total. The molecule has 0 amide bonds. The van der Waals surface area contributed by atoms with E-state index < -0.39 is 0 Å². The molecule has 0 heterocycles. The smallest absolute Gasteiger partial charge is 0.127 e. The van der Waals surface area contributed by atoms with E-state index in [1.165, 1.54) is 6.07 Å². The van der Waals surface area contributed by atoms with Crippen molar-refractivity contribution in [3.8, 4) is 0 Å². The second-order valence-corrected chi connectivity index (χ2v) is 4.91. The first-order chi connectivity index (χ1) is 8.60. The molecule has 0 aliphatic heterocycles. The Morgan fingerprint density at radius 1 is 1.33 bits per heavy atom. The zero-order chi connectivity index (χ0) is 13.5. The molecule has 2 unspecified atom stereocenters. The largest absolute Gasteiger partial charge is 0.316 e. The van der Waals surface area contributed by atoms with E-state index in [1.54, 1.807) is 6.07 Å². The van der Waals surface area contributed by atoms with E-state index in [1.807, 2.05) is 19.2 Å². The van der Waals surface area contributed by atoms with E-state index in [4.69, 9.17) is 0 Å². The van der Waals surface area contributed by atoms with Crippen LogP contribution in [0.4, 0.5) is 4.39 Å².